The molecule has 1 N–H and O–H groups in total. The van der Waals surface area contributed by atoms with E-state index in [0.717, 1.165) is 38.0 Å². The molecule has 5 nitrogen and oxygen atoms in total. The smallest absolute Gasteiger partial charge is 0.322 e. The second-order valence-electron chi connectivity index (χ2n) is 5.01. The van der Waals surface area contributed by atoms with Crippen molar-refractivity contribution in [3.8, 4) is 0 Å². The minimum absolute atomic E-state index is 0.0400. The Morgan fingerprint density at radius 3 is 2.68 bits per heavy atom. The second kappa shape index (κ2) is 7.81. The van der Waals surface area contributed by atoms with Gasteiger partial charge in [0.1, 0.15) is 0 Å². The van der Waals surface area contributed by atoms with E-state index in [1.165, 1.54) is 0 Å². The van der Waals surface area contributed by atoms with Gasteiger partial charge in [0.15, 0.2) is 0 Å². The van der Waals surface area contributed by atoms with E-state index >= 15 is 0 Å². The number of carbonyl (C=O) groups excluding carboxylic acids is 1. The molecule has 1 heterocycles. The summed E-state index contributed by atoms with van der Waals surface area (Å²) in [6.07, 6.45) is 6.91. The molecule has 0 saturated heterocycles. The van der Waals surface area contributed by atoms with E-state index < -0.39 is 0 Å². The zero-order valence-corrected chi connectivity index (χ0v) is 12.5. The fraction of sp³-hybridized carbons (Fsp3) is 0.714. The largest absolute Gasteiger partial charge is 0.322 e. The van der Waals surface area contributed by atoms with Crippen LogP contribution in [-0.4, -0.2) is 33.3 Å². The van der Waals surface area contributed by atoms with Crippen LogP contribution in [0.1, 0.15) is 47.0 Å². The summed E-state index contributed by atoms with van der Waals surface area (Å²) in [5, 5.41) is 7.06. The van der Waals surface area contributed by atoms with Gasteiger partial charge in [-0.05, 0) is 27.2 Å². The summed E-state index contributed by atoms with van der Waals surface area (Å²) in [5.74, 6) is 0. The number of carbonyl (C=O) groups is 1. The zero-order valence-electron chi connectivity index (χ0n) is 12.5. The molecule has 0 aliphatic rings. The summed E-state index contributed by atoms with van der Waals surface area (Å²) in [5.41, 5.74) is 0.757. The predicted molar refractivity (Wildman–Crippen MR) is 78.3 cm³/mol. The van der Waals surface area contributed by atoms with E-state index in [4.69, 9.17) is 0 Å². The molecule has 0 fully saturated rings. The van der Waals surface area contributed by atoms with E-state index in [-0.39, 0.29) is 12.1 Å². The average Bonchev–Trinajstić information content (AvgIpc) is 2.81. The number of hydrogen-bond acceptors (Lipinski definition) is 2. The summed E-state index contributed by atoms with van der Waals surface area (Å²) in [7, 11) is 0. The van der Waals surface area contributed by atoms with Crippen LogP contribution in [-0.2, 0) is 6.54 Å². The summed E-state index contributed by atoms with van der Waals surface area (Å²) in [6.45, 7) is 9.88. The molecule has 0 aliphatic carbocycles. The molecule has 0 radical (unpaired) electrons. The second-order valence-corrected chi connectivity index (χ2v) is 5.01. The van der Waals surface area contributed by atoms with Gasteiger partial charge in [0.2, 0.25) is 0 Å². The highest BCUT2D eigenvalue weighted by Gasteiger charge is 2.16. The Balaban J connectivity index is 2.56. The fourth-order valence-electron chi connectivity index (χ4n) is 1.92. The standard InChI is InChI=1S/C14H26N4O/c1-5-7-8-9-18(12(3)4)14(19)16-13-10-15-17(6-2)11-13/h10-12H,5-9H2,1-4H3,(H,16,19). The van der Waals surface area contributed by atoms with Crippen LogP contribution < -0.4 is 5.32 Å². The highest BCUT2D eigenvalue weighted by atomic mass is 16.2. The lowest BCUT2D eigenvalue weighted by Crippen LogP contribution is -2.40. The van der Waals surface area contributed by atoms with Gasteiger partial charge in [-0.1, -0.05) is 19.8 Å². The number of anilines is 1. The van der Waals surface area contributed by atoms with Gasteiger partial charge in [0, 0.05) is 25.3 Å². The van der Waals surface area contributed by atoms with Crippen LogP contribution >= 0.6 is 0 Å². The Bertz CT molecular complexity index is 387. The highest BCUT2D eigenvalue weighted by Crippen LogP contribution is 2.09. The molecule has 0 unspecified atom stereocenters. The van der Waals surface area contributed by atoms with Crippen molar-refractivity contribution in [3.05, 3.63) is 12.4 Å². The molecule has 19 heavy (non-hydrogen) atoms. The average molecular weight is 266 g/mol. The third-order valence-corrected chi connectivity index (χ3v) is 3.10. The van der Waals surface area contributed by atoms with Crippen molar-refractivity contribution in [1.82, 2.24) is 14.7 Å². The molecule has 0 bridgehead atoms. The molecule has 0 aromatic carbocycles. The van der Waals surface area contributed by atoms with Crippen molar-refractivity contribution in [3.63, 3.8) is 0 Å². The molecule has 108 valence electrons. The van der Waals surface area contributed by atoms with Crippen LogP contribution in [0.5, 0.6) is 0 Å². The predicted octanol–water partition coefficient (Wildman–Crippen LogP) is 3.34. The summed E-state index contributed by atoms with van der Waals surface area (Å²) < 4.78 is 1.80. The Labute approximate surface area is 116 Å². The Morgan fingerprint density at radius 1 is 1.42 bits per heavy atom. The van der Waals surface area contributed by atoms with E-state index in [9.17, 15) is 4.79 Å². The SMILES string of the molecule is CCCCCN(C(=O)Nc1cnn(CC)c1)C(C)C. The van der Waals surface area contributed by atoms with Crippen molar-refractivity contribution < 1.29 is 4.79 Å². The quantitative estimate of drug-likeness (QED) is 0.769. The van der Waals surface area contributed by atoms with Crippen molar-refractivity contribution in [1.29, 1.82) is 0 Å². The number of nitrogens with zero attached hydrogens (tertiary/aromatic N) is 3. The Hall–Kier alpha value is -1.52. The molecule has 1 rings (SSSR count). The summed E-state index contributed by atoms with van der Waals surface area (Å²) >= 11 is 0. The number of unbranched alkanes of at least 4 members (excludes halogenated alkanes) is 2. The van der Waals surface area contributed by atoms with Crippen molar-refractivity contribution in [2.45, 2.75) is 59.5 Å². The molecule has 2 amide bonds. The van der Waals surface area contributed by atoms with Gasteiger partial charge in [-0.3, -0.25) is 4.68 Å². The lowest BCUT2D eigenvalue weighted by Gasteiger charge is -2.26. The number of nitrogens with one attached hydrogen (secondary N) is 1. The highest BCUT2D eigenvalue weighted by molar-refractivity contribution is 5.89. The number of amides is 2. The van der Waals surface area contributed by atoms with Crippen LogP contribution in [0, 0.1) is 0 Å². The van der Waals surface area contributed by atoms with Crippen molar-refractivity contribution in [2.75, 3.05) is 11.9 Å². The molecule has 0 aliphatic heterocycles. The number of hydrogen-bond donors (Lipinski definition) is 1. The van der Waals surface area contributed by atoms with E-state index in [2.05, 4.69) is 17.3 Å². The number of aryl methyl sites for hydroxylation is 1. The normalized spacial score (nSPS) is 10.8. The van der Waals surface area contributed by atoms with E-state index in [0.29, 0.717) is 0 Å². The van der Waals surface area contributed by atoms with Gasteiger partial charge in [-0.2, -0.15) is 5.10 Å². The topological polar surface area (TPSA) is 50.2 Å². The van der Waals surface area contributed by atoms with Gasteiger partial charge >= 0.3 is 6.03 Å². The van der Waals surface area contributed by atoms with Crippen LogP contribution in [0.3, 0.4) is 0 Å². The molecule has 5 heteroatoms. The van der Waals surface area contributed by atoms with Crippen molar-refractivity contribution >= 4 is 11.7 Å². The number of aromatic nitrogens is 2. The molecule has 1 aromatic heterocycles. The zero-order chi connectivity index (χ0) is 14.3. The van der Waals surface area contributed by atoms with Gasteiger partial charge in [0.25, 0.3) is 0 Å². The first kappa shape index (κ1) is 15.5. The lowest BCUT2D eigenvalue weighted by molar-refractivity contribution is 0.195. The van der Waals surface area contributed by atoms with Crippen LogP contribution in [0.15, 0.2) is 12.4 Å². The minimum Gasteiger partial charge on any atom is -0.322 e. The molecule has 1 aromatic rings. The van der Waals surface area contributed by atoms with Crippen LogP contribution in [0.25, 0.3) is 0 Å². The molecule has 0 spiro atoms. The van der Waals surface area contributed by atoms with Gasteiger partial charge in [-0.15, -0.1) is 0 Å². The van der Waals surface area contributed by atoms with E-state index in [1.54, 1.807) is 10.9 Å². The summed E-state index contributed by atoms with van der Waals surface area (Å²) in [6, 6.07) is 0.167. The first-order valence-electron chi connectivity index (χ1n) is 7.18. The Kier molecular flexibility index (Phi) is 6.39. The summed E-state index contributed by atoms with van der Waals surface area (Å²) in [4.78, 5) is 14.1. The molecule has 0 atom stereocenters. The first-order chi connectivity index (χ1) is 9.08. The van der Waals surface area contributed by atoms with Gasteiger partial charge < -0.3 is 10.2 Å². The lowest BCUT2D eigenvalue weighted by atomic mass is 10.2. The number of rotatable bonds is 7. The van der Waals surface area contributed by atoms with Gasteiger partial charge in [-0.25, -0.2) is 4.79 Å². The Morgan fingerprint density at radius 2 is 2.16 bits per heavy atom. The maximum absolute atomic E-state index is 12.2. The minimum atomic E-state index is -0.0400. The first-order valence-corrected chi connectivity index (χ1v) is 7.18. The van der Waals surface area contributed by atoms with Crippen LogP contribution in [0.4, 0.5) is 10.5 Å². The molecule has 0 saturated carbocycles. The maximum Gasteiger partial charge on any atom is 0.322 e. The van der Waals surface area contributed by atoms with E-state index in [1.807, 2.05) is 31.9 Å². The van der Waals surface area contributed by atoms with Crippen LogP contribution in [0.2, 0.25) is 0 Å². The fourth-order valence-corrected chi connectivity index (χ4v) is 1.92. The molecular formula is C14H26N4O. The maximum atomic E-state index is 12.2. The monoisotopic (exact) mass is 266 g/mol. The third kappa shape index (κ3) is 4.93. The van der Waals surface area contributed by atoms with Gasteiger partial charge in [0.05, 0.1) is 11.9 Å². The molecular weight excluding hydrogens is 240 g/mol. The third-order valence-electron chi connectivity index (χ3n) is 3.10. The van der Waals surface area contributed by atoms with Crippen molar-refractivity contribution in [2.24, 2.45) is 0 Å². The number of urea groups is 1.